The Morgan fingerprint density at radius 1 is 1.00 bits per heavy atom. The lowest BCUT2D eigenvalue weighted by Crippen LogP contribution is -2.19. The predicted octanol–water partition coefficient (Wildman–Crippen LogP) is 3.88. The maximum Gasteiger partial charge on any atom is 0.161 e. The first kappa shape index (κ1) is 11.4. The molecule has 0 spiro atoms. The number of halogens is 1. The van der Waals surface area contributed by atoms with E-state index in [9.17, 15) is 0 Å². The van der Waals surface area contributed by atoms with Crippen molar-refractivity contribution in [1.29, 1.82) is 0 Å². The molecule has 0 radical (unpaired) electrons. The Morgan fingerprint density at radius 3 is 2.59 bits per heavy atom. The minimum absolute atomic E-state index is 0.610. The van der Waals surface area contributed by atoms with Crippen molar-refractivity contribution in [2.24, 2.45) is 0 Å². The number of benzene rings is 1. The summed E-state index contributed by atoms with van der Waals surface area (Å²) in [6, 6.07) is 6.41. The Hall–Kier alpha value is -0.700. The summed E-state index contributed by atoms with van der Waals surface area (Å²) in [4.78, 5) is 0.610. The van der Waals surface area contributed by atoms with Gasteiger partial charge < -0.3 is 9.47 Å². The summed E-state index contributed by atoms with van der Waals surface area (Å²) < 4.78 is 11.2. The van der Waals surface area contributed by atoms with Crippen LogP contribution >= 0.6 is 15.9 Å². The second kappa shape index (κ2) is 4.89. The van der Waals surface area contributed by atoms with Gasteiger partial charge in [0.05, 0.1) is 0 Å². The van der Waals surface area contributed by atoms with Gasteiger partial charge in [-0.05, 0) is 36.5 Å². The van der Waals surface area contributed by atoms with Crippen LogP contribution in [-0.4, -0.2) is 18.0 Å². The topological polar surface area (TPSA) is 18.5 Å². The number of hydrogen-bond acceptors (Lipinski definition) is 2. The summed E-state index contributed by atoms with van der Waals surface area (Å²) in [6.07, 6.45) is 5.23. The highest BCUT2D eigenvalue weighted by atomic mass is 79.9. The smallest absolute Gasteiger partial charge is 0.161 e. The van der Waals surface area contributed by atoms with E-state index in [4.69, 9.17) is 9.47 Å². The SMILES string of the molecule is BrC1CCCCC1c1ccc2c(c1)OCCO2. The van der Waals surface area contributed by atoms with E-state index < -0.39 is 0 Å². The number of ether oxygens (including phenoxy) is 2. The Labute approximate surface area is 110 Å². The molecule has 1 aliphatic heterocycles. The zero-order valence-electron chi connectivity index (χ0n) is 9.82. The molecule has 17 heavy (non-hydrogen) atoms. The van der Waals surface area contributed by atoms with Crippen molar-refractivity contribution >= 4 is 15.9 Å². The van der Waals surface area contributed by atoms with Gasteiger partial charge in [0.1, 0.15) is 13.2 Å². The van der Waals surface area contributed by atoms with Crippen molar-refractivity contribution in [2.75, 3.05) is 13.2 Å². The summed E-state index contributed by atoms with van der Waals surface area (Å²) in [5.41, 5.74) is 1.39. The van der Waals surface area contributed by atoms with Gasteiger partial charge in [-0.3, -0.25) is 0 Å². The van der Waals surface area contributed by atoms with E-state index >= 15 is 0 Å². The fourth-order valence-corrected chi connectivity index (χ4v) is 3.64. The van der Waals surface area contributed by atoms with E-state index in [-0.39, 0.29) is 0 Å². The average molecular weight is 297 g/mol. The van der Waals surface area contributed by atoms with Crippen LogP contribution in [0.4, 0.5) is 0 Å². The second-order valence-corrected chi connectivity index (χ2v) is 5.99. The molecule has 1 fully saturated rings. The van der Waals surface area contributed by atoms with Crippen LogP contribution in [0.3, 0.4) is 0 Å². The molecule has 2 atom stereocenters. The molecule has 3 heteroatoms. The molecule has 1 saturated carbocycles. The molecule has 2 unspecified atom stereocenters. The molecule has 1 aromatic rings. The van der Waals surface area contributed by atoms with Crippen molar-refractivity contribution in [3.8, 4) is 11.5 Å². The summed E-state index contributed by atoms with van der Waals surface area (Å²) in [6.45, 7) is 1.33. The first-order chi connectivity index (χ1) is 8.34. The number of rotatable bonds is 1. The Balaban J connectivity index is 1.87. The van der Waals surface area contributed by atoms with Gasteiger partial charge in [0, 0.05) is 4.83 Å². The van der Waals surface area contributed by atoms with Crippen LogP contribution in [0.2, 0.25) is 0 Å². The molecular formula is C14H17BrO2. The number of fused-ring (bicyclic) bond motifs is 1. The molecule has 92 valence electrons. The summed E-state index contributed by atoms with van der Waals surface area (Å²) in [7, 11) is 0. The van der Waals surface area contributed by atoms with Crippen molar-refractivity contribution in [3.05, 3.63) is 23.8 Å². The van der Waals surface area contributed by atoms with E-state index in [1.54, 1.807) is 0 Å². The minimum atomic E-state index is 0.610. The van der Waals surface area contributed by atoms with Gasteiger partial charge in [0.25, 0.3) is 0 Å². The van der Waals surface area contributed by atoms with Crippen molar-refractivity contribution in [1.82, 2.24) is 0 Å². The maximum atomic E-state index is 5.65. The Bertz CT molecular complexity index is 405. The van der Waals surface area contributed by atoms with Gasteiger partial charge in [-0.2, -0.15) is 0 Å². The third kappa shape index (κ3) is 2.30. The van der Waals surface area contributed by atoms with E-state index in [1.165, 1.54) is 31.2 Å². The highest BCUT2D eigenvalue weighted by Crippen LogP contribution is 2.40. The standard InChI is InChI=1S/C14H17BrO2/c15-12-4-2-1-3-11(12)10-5-6-13-14(9-10)17-8-7-16-13/h5-6,9,11-12H,1-4,7-8H2. The third-order valence-electron chi connectivity index (χ3n) is 3.68. The molecule has 0 aromatic heterocycles. The fraction of sp³-hybridized carbons (Fsp3) is 0.571. The molecule has 1 aromatic carbocycles. The quantitative estimate of drug-likeness (QED) is 0.732. The highest BCUT2D eigenvalue weighted by molar-refractivity contribution is 9.09. The highest BCUT2D eigenvalue weighted by Gasteiger charge is 2.25. The van der Waals surface area contributed by atoms with Gasteiger partial charge in [-0.25, -0.2) is 0 Å². The molecular weight excluding hydrogens is 280 g/mol. The Morgan fingerprint density at radius 2 is 1.76 bits per heavy atom. The zero-order valence-corrected chi connectivity index (χ0v) is 11.4. The average Bonchev–Trinajstić information content (AvgIpc) is 2.39. The lowest BCUT2D eigenvalue weighted by Gasteiger charge is -2.29. The summed E-state index contributed by atoms with van der Waals surface area (Å²) in [5.74, 6) is 2.43. The van der Waals surface area contributed by atoms with E-state index in [0.29, 0.717) is 24.0 Å². The van der Waals surface area contributed by atoms with E-state index in [0.717, 1.165) is 11.5 Å². The molecule has 2 aliphatic rings. The van der Waals surface area contributed by atoms with Crippen LogP contribution in [0.1, 0.15) is 37.2 Å². The lowest BCUT2D eigenvalue weighted by molar-refractivity contribution is 0.171. The molecule has 0 saturated heterocycles. The molecule has 2 nitrogen and oxygen atoms in total. The zero-order chi connectivity index (χ0) is 11.7. The second-order valence-electron chi connectivity index (χ2n) is 4.81. The lowest BCUT2D eigenvalue weighted by atomic mass is 9.84. The van der Waals surface area contributed by atoms with Crippen LogP contribution in [0, 0.1) is 0 Å². The first-order valence-electron chi connectivity index (χ1n) is 6.38. The number of hydrogen-bond donors (Lipinski definition) is 0. The molecule has 1 heterocycles. The largest absolute Gasteiger partial charge is 0.486 e. The summed E-state index contributed by atoms with van der Waals surface area (Å²) in [5, 5.41) is 0. The minimum Gasteiger partial charge on any atom is -0.486 e. The van der Waals surface area contributed by atoms with Crippen molar-refractivity contribution in [3.63, 3.8) is 0 Å². The van der Waals surface area contributed by atoms with E-state index in [2.05, 4.69) is 34.1 Å². The maximum absolute atomic E-state index is 5.65. The summed E-state index contributed by atoms with van der Waals surface area (Å²) >= 11 is 3.82. The predicted molar refractivity (Wildman–Crippen MR) is 71.4 cm³/mol. The molecule has 0 amide bonds. The van der Waals surface area contributed by atoms with Gasteiger partial charge in [0.2, 0.25) is 0 Å². The Kier molecular flexibility index (Phi) is 3.28. The number of alkyl halides is 1. The van der Waals surface area contributed by atoms with Gasteiger partial charge in [-0.1, -0.05) is 34.8 Å². The van der Waals surface area contributed by atoms with Crippen LogP contribution in [0.25, 0.3) is 0 Å². The van der Waals surface area contributed by atoms with Crippen LogP contribution in [0.15, 0.2) is 18.2 Å². The monoisotopic (exact) mass is 296 g/mol. The van der Waals surface area contributed by atoms with Gasteiger partial charge in [0.15, 0.2) is 11.5 Å². The fourth-order valence-electron chi connectivity index (χ4n) is 2.75. The van der Waals surface area contributed by atoms with Crippen molar-refractivity contribution < 1.29 is 9.47 Å². The first-order valence-corrected chi connectivity index (χ1v) is 7.30. The van der Waals surface area contributed by atoms with Gasteiger partial charge >= 0.3 is 0 Å². The van der Waals surface area contributed by atoms with Crippen molar-refractivity contribution in [2.45, 2.75) is 36.4 Å². The molecule has 1 aliphatic carbocycles. The van der Waals surface area contributed by atoms with Crippen LogP contribution < -0.4 is 9.47 Å². The molecule has 3 rings (SSSR count). The van der Waals surface area contributed by atoms with Crippen LogP contribution in [-0.2, 0) is 0 Å². The van der Waals surface area contributed by atoms with Gasteiger partial charge in [-0.15, -0.1) is 0 Å². The molecule has 0 bridgehead atoms. The van der Waals surface area contributed by atoms with E-state index in [1.807, 2.05) is 0 Å². The molecule has 0 N–H and O–H groups in total. The van der Waals surface area contributed by atoms with Crippen LogP contribution in [0.5, 0.6) is 11.5 Å². The third-order valence-corrected chi connectivity index (χ3v) is 4.77. The normalized spacial score (nSPS) is 27.8.